The van der Waals surface area contributed by atoms with Gasteiger partial charge in [-0.3, -0.25) is 9.97 Å². The summed E-state index contributed by atoms with van der Waals surface area (Å²) in [6, 6.07) is 20.7. The number of benzene rings is 1. The number of anilines is 1. The molecule has 0 radical (unpaired) electrons. The van der Waals surface area contributed by atoms with Crippen LogP contribution in [0.5, 0.6) is 5.75 Å². The Balaban J connectivity index is 1.69. The van der Waals surface area contributed by atoms with Crippen molar-refractivity contribution in [1.82, 2.24) is 19.9 Å². The zero-order valence-corrected chi connectivity index (χ0v) is 16.8. The number of thiocarbonyl (C=S) groups is 1. The highest BCUT2D eigenvalue weighted by Gasteiger charge is 2.42. The minimum atomic E-state index is -0.219. The number of phenolic OH excluding ortho intramolecular Hbond substituents is 1. The molecule has 0 bridgehead atoms. The molecule has 148 valence electrons. The predicted molar refractivity (Wildman–Crippen MR) is 120 cm³/mol. The molecule has 1 aliphatic rings. The molecule has 30 heavy (non-hydrogen) atoms. The molecule has 0 aliphatic carbocycles. The zero-order valence-electron chi connectivity index (χ0n) is 16.0. The van der Waals surface area contributed by atoms with Crippen LogP contribution in [0, 0.1) is 0 Å². The van der Waals surface area contributed by atoms with E-state index in [1.807, 2.05) is 59.6 Å². The minimum Gasteiger partial charge on any atom is -0.506 e. The molecule has 0 unspecified atom stereocenters. The lowest BCUT2D eigenvalue weighted by molar-refractivity contribution is 0.472. The lowest BCUT2D eigenvalue weighted by atomic mass is 10.0. The van der Waals surface area contributed by atoms with Crippen LogP contribution in [0.15, 0.2) is 91.5 Å². The summed E-state index contributed by atoms with van der Waals surface area (Å²) in [5, 5.41) is 14.5. The summed E-state index contributed by atoms with van der Waals surface area (Å²) in [4.78, 5) is 10.7. The number of nitrogens with zero attached hydrogens (tertiary/aromatic N) is 4. The van der Waals surface area contributed by atoms with Crippen LogP contribution in [-0.2, 0) is 0 Å². The van der Waals surface area contributed by atoms with Crippen molar-refractivity contribution in [3.63, 3.8) is 0 Å². The summed E-state index contributed by atoms with van der Waals surface area (Å²) in [6.07, 6.45) is 7.34. The summed E-state index contributed by atoms with van der Waals surface area (Å²) in [6.45, 7) is 0. The third-order valence-corrected chi connectivity index (χ3v) is 5.58. The van der Waals surface area contributed by atoms with E-state index in [1.165, 1.54) is 0 Å². The number of phenols is 1. The van der Waals surface area contributed by atoms with Gasteiger partial charge in [0.05, 0.1) is 17.4 Å². The molecule has 4 aromatic rings. The fourth-order valence-electron chi connectivity index (χ4n) is 3.96. The van der Waals surface area contributed by atoms with Crippen LogP contribution in [-0.4, -0.2) is 24.8 Å². The molecule has 1 aromatic carbocycles. The molecular formula is C23H19N5OS. The van der Waals surface area contributed by atoms with E-state index in [9.17, 15) is 5.11 Å². The highest BCUT2D eigenvalue weighted by atomic mass is 32.1. The van der Waals surface area contributed by atoms with Crippen molar-refractivity contribution in [2.24, 2.45) is 0 Å². The van der Waals surface area contributed by atoms with Crippen LogP contribution in [0.3, 0.4) is 0 Å². The highest BCUT2D eigenvalue weighted by molar-refractivity contribution is 7.80. The first kappa shape index (κ1) is 18.3. The lowest BCUT2D eigenvalue weighted by Gasteiger charge is -2.29. The van der Waals surface area contributed by atoms with Gasteiger partial charge in [0, 0.05) is 36.2 Å². The van der Waals surface area contributed by atoms with Gasteiger partial charge in [0.1, 0.15) is 11.8 Å². The quantitative estimate of drug-likeness (QED) is 0.490. The van der Waals surface area contributed by atoms with Gasteiger partial charge in [-0.25, -0.2) is 0 Å². The molecule has 1 aliphatic heterocycles. The Labute approximate surface area is 179 Å². The first-order valence-corrected chi connectivity index (χ1v) is 10.0. The maximum atomic E-state index is 10.6. The van der Waals surface area contributed by atoms with Crippen LogP contribution in [0.1, 0.15) is 23.5 Å². The average molecular weight is 414 g/mol. The Hall–Kier alpha value is -3.71. The zero-order chi connectivity index (χ0) is 20.5. The van der Waals surface area contributed by atoms with Crippen molar-refractivity contribution in [2.45, 2.75) is 12.1 Å². The Morgan fingerprint density at radius 3 is 2.47 bits per heavy atom. The normalized spacial score (nSPS) is 18.4. The first-order valence-electron chi connectivity index (χ1n) is 9.60. The summed E-state index contributed by atoms with van der Waals surface area (Å²) >= 11 is 5.73. The smallest absolute Gasteiger partial charge is 0.174 e. The summed E-state index contributed by atoms with van der Waals surface area (Å²) in [5.41, 5.74) is 3.55. The summed E-state index contributed by atoms with van der Waals surface area (Å²) in [7, 11) is 0. The Morgan fingerprint density at radius 2 is 1.70 bits per heavy atom. The van der Waals surface area contributed by atoms with Gasteiger partial charge in [0.2, 0.25) is 0 Å². The highest BCUT2D eigenvalue weighted by Crippen LogP contribution is 2.44. The molecule has 5 rings (SSSR count). The molecule has 0 saturated carbocycles. The van der Waals surface area contributed by atoms with E-state index in [0.717, 1.165) is 17.1 Å². The van der Waals surface area contributed by atoms with Crippen molar-refractivity contribution in [3.05, 3.63) is 103 Å². The molecule has 1 fully saturated rings. The molecule has 3 aromatic heterocycles. The van der Waals surface area contributed by atoms with Crippen molar-refractivity contribution in [3.8, 4) is 11.4 Å². The van der Waals surface area contributed by atoms with Gasteiger partial charge in [-0.05, 0) is 60.7 Å². The number of hydrogen-bond acceptors (Lipinski definition) is 4. The molecule has 2 N–H and O–H groups in total. The van der Waals surface area contributed by atoms with E-state index in [1.54, 1.807) is 30.7 Å². The second-order valence-electron chi connectivity index (χ2n) is 6.99. The van der Waals surface area contributed by atoms with Gasteiger partial charge in [0.15, 0.2) is 5.11 Å². The van der Waals surface area contributed by atoms with E-state index >= 15 is 0 Å². The second kappa shape index (κ2) is 7.61. The summed E-state index contributed by atoms with van der Waals surface area (Å²) in [5.74, 6) is 0.176. The third-order valence-electron chi connectivity index (χ3n) is 5.26. The molecular weight excluding hydrogens is 394 g/mol. The monoisotopic (exact) mass is 413 g/mol. The molecule has 4 heterocycles. The molecule has 2 atom stereocenters. The van der Waals surface area contributed by atoms with Crippen molar-refractivity contribution in [2.75, 3.05) is 4.90 Å². The first-order chi connectivity index (χ1) is 14.7. The number of pyridine rings is 2. The molecule has 0 spiro atoms. The lowest BCUT2D eigenvalue weighted by Crippen LogP contribution is -2.30. The van der Waals surface area contributed by atoms with E-state index < -0.39 is 0 Å². The van der Waals surface area contributed by atoms with Crippen LogP contribution in [0.2, 0.25) is 0 Å². The van der Waals surface area contributed by atoms with Gasteiger partial charge < -0.3 is 19.9 Å². The van der Waals surface area contributed by atoms with E-state index in [0.29, 0.717) is 10.8 Å². The number of aromatic nitrogens is 3. The van der Waals surface area contributed by atoms with Crippen LogP contribution >= 0.6 is 12.2 Å². The maximum absolute atomic E-state index is 10.6. The minimum absolute atomic E-state index is 0.176. The van der Waals surface area contributed by atoms with Crippen LogP contribution in [0.25, 0.3) is 5.69 Å². The molecule has 6 nitrogen and oxygen atoms in total. The van der Waals surface area contributed by atoms with Gasteiger partial charge in [-0.2, -0.15) is 0 Å². The van der Waals surface area contributed by atoms with Gasteiger partial charge in [-0.1, -0.05) is 18.2 Å². The third kappa shape index (κ3) is 3.09. The standard InChI is InChI=1S/C23H19N5OS/c29-20-9-2-1-7-18(20)28-22(21(26-23(28)30)17-6-3-4-12-25-17)19-8-5-15-27(19)16-10-13-24-14-11-16/h1-15,21-22,29H,(H,26,30)/t21-,22-/m1/s1. The summed E-state index contributed by atoms with van der Waals surface area (Å²) < 4.78 is 2.12. The Morgan fingerprint density at radius 1 is 0.900 bits per heavy atom. The van der Waals surface area contributed by atoms with E-state index in [2.05, 4.69) is 25.9 Å². The molecule has 7 heteroatoms. The Bertz CT molecular complexity index is 1180. The SMILES string of the molecule is Oc1ccccc1N1C(=S)N[C@H](c2ccccn2)[C@H]1c1cccn1-c1ccncc1. The van der Waals surface area contributed by atoms with Crippen LogP contribution < -0.4 is 10.2 Å². The number of hydrogen-bond donors (Lipinski definition) is 2. The largest absolute Gasteiger partial charge is 0.506 e. The van der Waals surface area contributed by atoms with Crippen molar-refractivity contribution >= 4 is 23.0 Å². The molecule has 0 amide bonds. The second-order valence-corrected chi connectivity index (χ2v) is 7.38. The van der Waals surface area contributed by atoms with Crippen molar-refractivity contribution in [1.29, 1.82) is 0 Å². The van der Waals surface area contributed by atoms with Crippen LogP contribution in [0.4, 0.5) is 5.69 Å². The Kier molecular flexibility index (Phi) is 4.65. The fraction of sp³-hybridized carbons (Fsp3) is 0.0870. The number of rotatable bonds is 4. The molecule has 1 saturated heterocycles. The maximum Gasteiger partial charge on any atom is 0.174 e. The van der Waals surface area contributed by atoms with E-state index in [4.69, 9.17) is 12.2 Å². The van der Waals surface area contributed by atoms with E-state index in [-0.39, 0.29) is 17.8 Å². The van der Waals surface area contributed by atoms with Gasteiger partial charge in [-0.15, -0.1) is 0 Å². The fourth-order valence-corrected chi connectivity index (χ4v) is 4.30. The van der Waals surface area contributed by atoms with Gasteiger partial charge >= 0.3 is 0 Å². The predicted octanol–water partition coefficient (Wildman–Crippen LogP) is 4.15. The number of nitrogens with one attached hydrogen (secondary N) is 1. The number of aromatic hydroxyl groups is 1. The average Bonchev–Trinajstić information content (AvgIpc) is 3.40. The topological polar surface area (TPSA) is 66.2 Å². The van der Waals surface area contributed by atoms with Gasteiger partial charge in [0.25, 0.3) is 0 Å². The van der Waals surface area contributed by atoms with Crippen molar-refractivity contribution < 1.29 is 5.11 Å². The number of para-hydroxylation sites is 2.